The van der Waals surface area contributed by atoms with Gasteiger partial charge >= 0.3 is 0 Å². The molecule has 1 aliphatic rings. The zero-order valence-corrected chi connectivity index (χ0v) is 11.2. The lowest BCUT2D eigenvalue weighted by molar-refractivity contribution is 0.170. The topological polar surface area (TPSA) is 17.8 Å². The number of hydrogen-bond acceptors (Lipinski definition) is 1. The van der Waals surface area contributed by atoms with E-state index in [1.807, 2.05) is 0 Å². The fraction of sp³-hybridized carbons (Fsp3) is 0.500. The molecule has 2 nitrogen and oxygen atoms in total. The second kappa shape index (κ2) is 4.23. The van der Waals surface area contributed by atoms with E-state index in [2.05, 4.69) is 16.5 Å². The van der Waals surface area contributed by atoms with E-state index in [0.717, 1.165) is 36.1 Å². The van der Waals surface area contributed by atoms with Gasteiger partial charge in [-0.15, -0.1) is 11.6 Å². The third-order valence-electron chi connectivity index (χ3n) is 3.97. The first kappa shape index (κ1) is 12.0. The van der Waals surface area contributed by atoms with Crippen LogP contribution in [0, 0.1) is 5.82 Å². The van der Waals surface area contributed by atoms with Crippen LogP contribution in [0.15, 0.2) is 18.2 Å². The van der Waals surface area contributed by atoms with Gasteiger partial charge in [0.2, 0.25) is 0 Å². The number of nitrogens with zero attached hydrogens (tertiary/aromatic N) is 2. The van der Waals surface area contributed by atoms with Crippen molar-refractivity contribution in [1.29, 1.82) is 0 Å². The Morgan fingerprint density at radius 1 is 1.44 bits per heavy atom. The van der Waals surface area contributed by atoms with Crippen LogP contribution in [-0.4, -0.2) is 15.4 Å². The maximum absolute atomic E-state index is 13.5. The third kappa shape index (κ3) is 1.72. The molecule has 0 spiro atoms. The lowest BCUT2D eigenvalue weighted by atomic mass is 9.78. The Kier molecular flexibility index (Phi) is 2.81. The second-order valence-corrected chi connectivity index (χ2v) is 5.66. The molecule has 18 heavy (non-hydrogen) atoms. The van der Waals surface area contributed by atoms with E-state index in [1.54, 1.807) is 12.1 Å². The number of hydrogen-bond donors (Lipinski definition) is 0. The van der Waals surface area contributed by atoms with Crippen molar-refractivity contribution in [2.24, 2.45) is 0 Å². The van der Waals surface area contributed by atoms with Gasteiger partial charge in [0.15, 0.2) is 0 Å². The van der Waals surface area contributed by atoms with Crippen LogP contribution >= 0.6 is 11.6 Å². The average Bonchev–Trinajstić information content (AvgIpc) is 2.64. The van der Waals surface area contributed by atoms with Gasteiger partial charge in [-0.3, -0.25) is 0 Å². The summed E-state index contributed by atoms with van der Waals surface area (Å²) in [6, 6.07) is 4.80. The molecule has 1 heterocycles. The van der Waals surface area contributed by atoms with Crippen molar-refractivity contribution in [2.75, 3.05) is 5.88 Å². The predicted molar refractivity (Wildman–Crippen MR) is 71.6 cm³/mol. The fourth-order valence-electron chi connectivity index (χ4n) is 2.86. The molecule has 1 aromatic heterocycles. The SMILES string of the molecule is CC1(n2c(CCCl)nc3ccc(F)cc32)CCC1. The summed E-state index contributed by atoms with van der Waals surface area (Å²) in [7, 11) is 0. The van der Waals surface area contributed by atoms with Gasteiger partial charge in [0, 0.05) is 17.8 Å². The molecule has 0 aliphatic heterocycles. The first-order valence-electron chi connectivity index (χ1n) is 6.37. The molecule has 0 atom stereocenters. The number of rotatable bonds is 3. The van der Waals surface area contributed by atoms with Gasteiger partial charge in [-0.2, -0.15) is 0 Å². The van der Waals surface area contributed by atoms with Crippen molar-refractivity contribution in [1.82, 2.24) is 9.55 Å². The van der Waals surface area contributed by atoms with Gasteiger partial charge in [-0.25, -0.2) is 9.37 Å². The van der Waals surface area contributed by atoms with E-state index < -0.39 is 0 Å². The zero-order chi connectivity index (χ0) is 12.8. The summed E-state index contributed by atoms with van der Waals surface area (Å²) in [6.07, 6.45) is 4.22. The van der Waals surface area contributed by atoms with Crippen LogP contribution in [-0.2, 0) is 12.0 Å². The standard InChI is InChI=1S/C14H16ClFN2/c1-14(6-2-7-14)18-12-9-10(16)3-4-11(12)17-13(18)5-8-15/h3-4,9H,2,5-8H2,1H3. The average molecular weight is 267 g/mol. The monoisotopic (exact) mass is 266 g/mol. The molecule has 0 N–H and O–H groups in total. The van der Waals surface area contributed by atoms with E-state index in [-0.39, 0.29) is 11.4 Å². The molecule has 96 valence electrons. The Morgan fingerprint density at radius 2 is 2.22 bits per heavy atom. The molecular weight excluding hydrogens is 251 g/mol. The molecule has 0 bridgehead atoms. The highest BCUT2D eigenvalue weighted by Crippen LogP contribution is 2.41. The van der Waals surface area contributed by atoms with Crippen LogP contribution in [0.1, 0.15) is 32.0 Å². The van der Waals surface area contributed by atoms with Gasteiger partial charge in [-0.05, 0) is 44.4 Å². The second-order valence-electron chi connectivity index (χ2n) is 5.29. The highest BCUT2D eigenvalue weighted by Gasteiger charge is 2.36. The molecule has 2 aromatic rings. The molecule has 0 unspecified atom stereocenters. The van der Waals surface area contributed by atoms with Crippen LogP contribution in [0.3, 0.4) is 0 Å². The van der Waals surface area contributed by atoms with Crippen molar-refractivity contribution in [3.8, 4) is 0 Å². The zero-order valence-electron chi connectivity index (χ0n) is 10.4. The largest absolute Gasteiger partial charge is 0.322 e. The van der Waals surface area contributed by atoms with Crippen molar-refractivity contribution < 1.29 is 4.39 Å². The first-order valence-corrected chi connectivity index (χ1v) is 6.91. The number of imidazole rings is 1. The molecule has 1 fully saturated rings. The minimum atomic E-state index is -0.205. The Labute approximate surface area is 111 Å². The van der Waals surface area contributed by atoms with Crippen LogP contribution in [0.2, 0.25) is 0 Å². The van der Waals surface area contributed by atoms with Crippen LogP contribution < -0.4 is 0 Å². The van der Waals surface area contributed by atoms with Gasteiger partial charge in [0.05, 0.1) is 11.0 Å². The van der Waals surface area contributed by atoms with Crippen LogP contribution in [0.25, 0.3) is 11.0 Å². The number of alkyl halides is 1. The van der Waals surface area contributed by atoms with E-state index in [1.165, 1.54) is 12.5 Å². The molecule has 1 aliphatic carbocycles. The maximum Gasteiger partial charge on any atom is 0.125 e. The summed E-state index contributed by atoms with van der Waals surface area (Å²) in [6.45, 7) is 2.22. The number of halogens is 2. The fourth-order valence-corrected chi connectivity index (χ4v) is 3.03. The predicted octanol–water partition coefficient (Wildman–Crippen LogP) is 3.86. The molecule has 0 amide bonds. The third-order valence-corrected chi connectivity index (χ3v) is 4.16. The van der Waals surface area contributed by atoms with E-state index in [9.17, 15) is 4.39 Å². The number of fused-ring (bicyclic) bond motifs is 1. The molecule has 0 radical (unpaired) electrons. The lowest BCUT2D eigenvalue weighted by Gasteiger charge is -2.41. The minimum absolute atomic E-state index is 0.0872. The van der Waals surface area contributed by atoms with Crippen LogP contribution in [0.5, 0.6) is 0 Å². The Bertz CT molecular complexity index is 587. The van der Waals surface area contributed by atoms with E-state index in [4.69, 9.17) is 11.6 Å². The Morgan fingerprint density at radius 3 is 2.83 bits per heavy atom. The Hall–Kier alpha value is -1.09. The normalized spacial score (nSPS) is 17.9. The lowest BCUT2D eigenvalue weighted by Crippen LogP contribution is -2.38. The van der Waals surface area contributed by atoms with Crippen molar-refractivity contribution in [3.63, 3.8) is 0 Å². The molecule has 3 rings (SSSR count). The molecular formula is C14H16ClFN2. The summed E-state index contributed by atoms with van der Waals surface area (Å²) in [5, 5.41) is 0. The molecule has 0 saturated heterocycles. The minimum Gasteiger partial charge on any atom is -0.322 e. The smallest absolute Gasteiger partial charge is 0.125 e. The van der Waals surface area contributed by atoms with Gasteiger partial charge in [0.1, 0.15) is 11.6 Å². The van der Waals surface area contributed by atoms with Crippen LogP contribution in [0.4, 0.5) is 4.39 Å². The maximum atomic E-state index is 13.5. The quantitative estimate of drug-likeness (QED) is 0.772. The van der Waals surface area contributed by atoms with Gasteiger partial charge < -0.3 is 4.57 Å². The van der Waals surface area contributed by atoms with Crippen molar-refractivity contribution in [2.45, 2.75) is 38.1 Å². The summed E-state index contributed by atoms with van der Waals surface area (Å²) in [4.78, 5) is 4.60. The summed E-state index contributed by atoms with van der Waals surface area (Å²) >= 11 is 5.85. The van der Waals surface area contributed by atoms with Gasteiger partial charge in [0.25, 0.3) is 0 Å². The van der Waals surface area contributed by atoms with E-state index in [0.29, 0.717) is 5.88 Å². The summed E-state index contributed by atoms with van der Waals surface area (Å²) in [5.74, 6) is 1.32. The van der Waals surface area contributed by atoms with Gasteiger partial charge in [-0.1, -0.05) is 0 Å². The van der Waals surface area contributed by atoms with Crippen molar-refractivity contribution >= 4 is 22.6 Å². The highest BCUT2D eigenvalue weighted by atomic mass is 35.5. The first-order chi connectivity index (χ1) is 8.64. The summed E-state index contributed by atoms with van der Waals surface area (Å²) < 4.78 is 15.7. The van der Waals surface area contributed by atoms with E-state index >= 15 is 0 Å². The number of aromatic nitrogens is 2. The molecule has 1 saturated carbocycles. The number of benzene rings is 1. The molecule has 1 aromatic carbocycles. The molecule has 4 heteroatoms. The summed E-state index contributed by atoms with van der Waals surface area (Å²) in [5.41, 5.74) is 1.85. The highest BCUT2D eigenvalue weighted by molar-refractivity contribution is 6.17. The Balaban J connectivity index is 2.23. The number of aryl methyl sites for hydroxylation is 1. The van der Waals surface area contributed by atoms with Crippen molar-refractivity contribution in [3.05, 3.63) is 29.8 Å².